The molecule has 3 unspecified atom stereocenters. The van der Waals surface area contributed by atoms with Gasteiger partial charge in [0, 0.05) is 28.9 Å². The zero-order valence-electron chi connectivity index (χ0n) is 11.9. The highest BCUT2D eigenvalue weighted by Crippen LogP contribution is 2.38. The maximum Gasteiger partial charge on any atom is 0.0795 e. The van der Waals surface area contributed by atoms with Crippen LogP contribution in [0, 0.1) is 0 Å². The van der Waals surface area contributed by atoms with E-state index < -0.39 is 0 Å². The van der Waals surface area contributed by atoms with Crippen LogP contribution in [0.3, 0.4) is 0 Å². The molecule has 2 saturated heterocycles. The van der Waals surface area contributed by atoms with Crippen molar-refractivity contribution < 1.29 is 4.74 Å². The molecule has 1 N–H and O–H groups in total. The number of benzene rings is 1. The number of halogens is 1. The highest BCUT2D eigenvalue weighted by molar-refractivity contribution is 9.10. The zero-order chi connectivity index (χ0) is 14.0. The summed E-state index contributed by atoms with van der Waals surface area (Å²) in [5.74, 6) is 2.44. The maximum atomic E-state index is 6.09. The third-order valence-electron chi connectivity index (χ3n) is 4.42. The number of ether oxygens (including phenoxy) is 1. The van der Waals surface area contributed by atoms with Crippen LogP contribution >= 0.6 is 27.7 Å². The molecule has 0 aromatic heterocycles. The highest BCUT2D eigenvalue weighted by Gasteiger charge is 2.40. The second-order valence-corrected chi connectivity index (χ2v) is 7.98. The Kier molecular flexibility index (Phi) is 4.75. The third-order valence-corrected chi connectivity index (χ3v) is 6.17. The summed E-state index contributed by atoms with van der Waals surface area (Å²) < 4.78 is 7.23. The molecule has 0 bridgehead atoms. The lowest BCUT2D eigenvalue weighted by Crippen LogP contribution is -2.47. The van der Waals surface area contributed by atoms with Crippen molar-refractivity contribution in [3.8, 4) is 0 Å². The van der Waals surface area contributed by atoms with Crippen LogP contribution in [0.1, 0.15) is 37.8 Å². The lowest BCUT2D eigenvalue weighted by Gasteiger charge is -2.39. The van der Waals surface area contributed by atoms with Gasteiger partial charge in [-0.3, -0.25) is 0 Å². The van der Waals surface area contributed by atoms with Crippen molar-refractivity contribution >= 4 is 27.7 Å². The maximum absolute atomic E-state index is 6.09. The van der Waals surface area contributed by atoms with Crippen LogP contribution in [-0.4, -0.2) is 29.8 Å². The van der Waals surface area contributed by atoms with Crippen molar-refractivity contribution in [2.45, 2.75) is 43.9 Å². The third kappa shape index (κ3) is 3.41. The van der Waals surface area contributed by atoms with Gasteiger partial charge in [0.05, 0.1) is 5.60 Å². The minimum absolute atomic E-state index is 0.167. The predicted molar refractivity (Wildman–Crippen MR) is 89.3 cm³/mol. The first-order valence-electron chi connectivity index (χ1n) is 7.40. The van der Waals surface area contributed by atoms with Crippen LogP contribution in [0.25, 0.3) is 0 Å². The van der Waals surface area contributed by atoms with Crippen LogP contribution in [0.15, 0.2) is 28.7 Å². The standard InChI is InChI=1S/C16H22BrNOS/c1-12(13-2-4-14(17)5-3-13)18-15-6-8-19-16(10-15)7-9-20-11-16/h2-5,12,15,18H,6-11H2,1H3. The number of hydrogen-bond donors (Lipinski definition) is 1. The summed E-state index contributed by atoms with van der Waals surface area (Å²) in [6.45, 7) is 3.17. The van der Waals surface area contributed by atoms with Gasteiger partial charge >= 0.3 is 0 Å². The fourth-order valence-corrected chi connectivity index (χ4v) is 4.88. The van der Waals surface area contributed by atoms with Gasteiger partial charge < -0.3 is 10.1 Å². The van der Waals surface area contributed by atoms with Crippen LogP contribution in [0.2, 0.25) is 0 Å². The number of thioether (sulfide) groups is 1. The molecular formula is C16H22BrNOS. The molecular weight excluding hydrogens is 334 g/mol. The molecule has 0 radical (unpaired) electrons. The Morgan fingerprint density at radius 1 is 1.40 bits per heavy atom. The molecule has 1 aromatic rings. The van der Waals surface area contributed by atoms with E-state index in [1.54, 1.807) is 0 Å². The number of hydrogen-bond acceptors (Lipinski definition) is 3. The van der Waals surface area contributed by atoms with E-state index in [2.05, 4.69) is 52.4 Å². The van der Waals surface area contributed by atoms with Crippen molar-refractivity contribution in [3.05, 3.63) is 34.3 Å². The summed E-state index contributed by atoms with van der Waals surface area (Å²) in [5, 5.41) is 3.80. The summed E-state index contributed by atoms with van der Waals surface area (Å²) in [5.41, 5.74) is 1.52. The molecule has 20 heavy (non-hydrogen) atoms. The van der Waals surface area contributed by atoms with Crippen molar-refractivity contribution in [2.75, 3.05) is 18.1 Å². The van der Waals surface area contributed by atoms with E-state index in [4.69, 9.17) is 4.74 Å². The van der Waals surface area contributed by atoms with Gasteiger partial charge in [-0.1, -0.05) is 28.1 Å². The zero-order valence-corrected chi connectivity index (χ0v) is 14.3. The first-order valence-corrected chi connectivity index (χ1v) is 9.35. The van der Waals surface area contributed by atoms with E-state index in [0.29, 0.717) is 12.1 Å². The van der Waals surface area contributed by atoms with Gasteiger partial charge in [-0.25, -0.2) is 0 Å². The van der Waals surface area contributed by atoms with Crippen molar-refractivity contribution in [2.24, 2.45) is 0 Å². The predicted octanol–water partition coefficient (Wildman–Crippen LogP) is 4.15. The Labute approximate surface area is 134 Å². The van der Waals surface area contributed by atoms with Crippen molar-refractivity contribution in [3.63, 3.8) is 0 Å². The minimum Gasteiger partial charge on any atom is -0.374 e. The summed E-state index contributed by atoms with van der Waals surface area (Å²) >= 11 is 5.53. The molecule has 1 spiro atoms. The van der Waals surface area contributed by atoms with Gasteiger partial charge in [0.25, 0.3) is 0 Å². The Hall–Kier alpha value is -0.0300. The molecule has 2 fully saturated rings. The van der Waals surface area contributed by atoms with Gasteiger partial charge in [0.15, 0.2) is 0 Å². The summed E-state index contributed by atoms with van der Waals surface area (Å²) in [7, 11) is 0. The highest BCUT2D eigenvalue weighted by atomic mass is 79.9. The fraction of sp³-hybridized carbons (Fsp3) is 0.625. The molecule has 2 aliphatic rings. The van der Waals surface area contributed by atoms with E-state index in [1.807, 2.05) is 11.8 Å². The van der Waals surface area contributed by atoms with Crippen molar-refractivity contribution in [1.29, 1.82) is 0 Å². The Balaban J connectivity index is 1.60. The van der Waals surface area contributed by atoms with Gasteiger partial charge in [-0.2, -0.15) is 11.8 Å². The molecule has 2 aliphatic heterocycles. The molecule has 2 nitrogen and oxygen atoms in total. The average Bonchev–Trinajstić information content (AvgIpc) is 2.87. The largest absolute Gasteiger partial charge is 0.374 e. The smallest absolute Gasteiger partial charge is 0.0795 e. The number of nitrogens with one attached hydrogen (secondary N) is 1. The van der Waals surface area contributed by atoms with E-state index >= 15 is 0 Å². The molecule has 0 aliphatic carbocycles. The molecule has 1 aromatic carbocycles. The molecule has 4 heteroatoms. The molecule has 110 valence electrons. The van der Waals surface area contributed by atoms with E-state index in [0.717, 1.165) is 17.5 Å². The van der Waals surface area contributed by atoms with Crippen molar-refractivity contribution in [1.82, 2.24) is 5.32 Å². The quantitative estimate of drug-likeness (QED) is 0.879. The molecule has 0 amide bonds. The molecule has 3 atom stereocenters. The first-order chi connectivity index (χ1) is 9.67. The van der Waals surface area contributed by atoms with Crippen LogP contribution < -0.4 is 5.32 Å². The van der Waals surface area contributed by atoms with Crippen LogP contribution in [0.5, 0.6) is 0 Å². The van der Waals surface area contributed by atoms with Gasteiger partial charge in [0.1, 0.15) is 0 Å². The Morgan fingerprint density at radius 2 is 2.20 bits per heavy atom. The molecule has 3 rings (SSSR count). The van der Waals surface area contributed by atoms with E-state index in [-0.39, 0.29) is 5.60 Å². The SMILES string of the molecule is CC(NC1CCOC2(CCSC2)C1)c1ccc(Br)cc1. The lowest BCUT2D eigenvalue weighted by atomic mass is 9.89. The first kappa shape index (κ1) is 14.9. The van der Waals surface area contributed by atoms with Crippen LogP contribution in [-0.2, 0) is 4.74 Å². The van der Waals surface area contributed by atoms with Gasteiger partial charge in [0.2, 0.25) is 0 Å². The lowest BCUT2D eigenvalue weighted by molar-refractivity contribution is -0.0711. The summed E-state index contributed by atoms with van der Waals surface area (Å²) in [6.07, 6.45) is 3.52. The second kappa shape index (κ2) is 6.39. The second-order valence-electron chi connectivity index (χ2n) is 5.96. The van der Waals surface area contributed by atoms with E-state index in [9.17, 15) is 0 Å². The van der Waals surface area contributed by atoms with Gasteiger partial charge in [-0.15, -0.1) is 0 Å². The van der Waals surface area contributed by atoms with Crippen LogP contribution in [0.4, 0.5) is 0 Å². The normalized spacial score (nSPS) is 31.6. The van der Waals surface area contributed by atoms with Gasteiger partial charge in [-0.05, 0) is 49.6 Å². The topological polar surface area (TPSA) is 21.3 Å². The Bertz CT molecular complexity index is 444. The molecule has 0 saturated carbocycles. The molecule has 2 heterocycles. The fourth-order valence-electron chi connectivity index (χ4n) is 3.23. The summed E-state index contributed by atoms with van der Waals surface area (Å²) in [6, 6.07) is 9.61. The average molecular weight is 356 g/mol. The number of rotatable bonds is 3. The monoisotopic (exact) mass is 355 g/mol. The van der Waals surface area contributed by atoms with E-state index in [1.165, 1.54) is 29.9 Å². The Morgan fingerprint density at radius 3 is 2.90 bits per heavy atom. The minimum atomic E-state index is 0.167. The summed E-state index contributed by atoms with van der Waals surface area (Å²) in [4.78, 5) is 0.